The third-order valence-corrected chi connectivity index (χ3v) is 3.30. The summed E-state index contributed by atoms with van der Waals surface area (Å²) in [5.41, 5.74) is 2.51. The Hall–Kier alpha value is -0.890. The summed E-state index contributed by atoms with van der Waals surface area (Å²) in [7, 11) is 0. The van der Waals surface area contributed by atoms with Gasteiger partial charge in [-0.25, -0.2) is 0 Å². The predicted molar refractivity (Wildman–Crippen MR) is 58.4 cm³/mol. The highest BCUT2D eigenvalue weighted by Crippen LogP contribution is 2.30. The first-order valence-corrected chi connectivity index (χ1v) is 5.41. The first-order valence-electron chi connectivity index (χ1n) is 4.53. The lowest BCUT2D eigenvalue weighted by molar-refractivity contribution is 0.869. The van der Waals surface area contributed by atoms with Crippen LogP contribution < -0.4 is 0 Å². The largest absolute Gasteiger partial charge is 0.261 e. The molecule has 0 aromatic carbocycles. The summed E-state index contributed by atoms with van der Waals surface area (Å²) < 4.78 is 1.41. The van der Waals surface area contributed by atoms with Gasteiger partial charge < -0.3 is 0 Å². The van der Waals surface area contributed by atoms with Crippen molar-refractivity contribution in [2.24, 2.45) is 0 Å². The molecule has 0 amide bonds. The Balaban J connectivity index is 2.78. The summed E-state index contributed by atoms with van der Waals surface area (Å²) in [6, 6.07) is 2.16. The van der Waals surface area contributed by atoms with Crippen LogP contribution in [0.1, 0.15) is 31.0 Å². The van der Waals surface area contributed by atoms with E-state index in [4.69, 9.17) is 0 Å². The molecule has 0 aliphatic carbocycles. The number of thiophene rings is 1. The first-order chi connectivity index (χ1) is 6.20. The molecule has 0 saturated carbocycles. The second kappa shape index (κ2) is 3.11. The van der Waals surface area contributed by atoms with E-state index >= 15 is 0 Å². The zero-order valence-electron chi connectivity index (χ0n) is 8.16. The van der Waals surface area contributed by atoms with Gasteiger partial charge in [-0.1, -0.05) is 13.8 Å². The van der Waals surface area contributed by atoms with Gasteiger partial charge in [-0.2, -0.15) is 0 Å². The Labute approximate surface area is 82.4 Å². The molecular formula is C11H13NS. The van der Waals surface area contributed by atoms with Crippen LogP contribution in [0.25, 0.3) is 10.1 Å². The molecule has 2 heterocycles. The Morgan fingerprint density at radius 3 is 2.85 bits per heavy atom. The van der Waals surface area contributed by atoms with Crippen LogP contribution in [-0.2, 0) is 0 Å². The van der Waals surface area contributed by atoms with Crippen LogP contribution in [0.15, 0.2) is 17.6 Å². The number of hydrogen-bond donors (Lipinski definition) is 0. The van der Waals surface area contributed by atoms with Crippen molar-refractivity contribution in [3.05, 3.63) is 28.9 Å². The van der Waals surface area contributed by atoms with Crippen LogP contribution in [0.3, 0.4) is 0 Å². The molecule has 1 nitrogen and oxygen atoms in total. The van der Waals surface area contributed by atoms with E-state index in [0.717, 1.165) is 5.69 Å². The van der Waals surface area contributed by atoms with Gasteiger partial charge in [0.15, 0.2) is 0 Å². The summed E-state index contributed by atoms with van der Waals surface area (Å²) in [6.07, 6.45) is 2.01. The van der Waals surface area contributed by atoms with E-state index < -0.39 is 0 Å². The second-order valence-corrected chi connectivity index (χ2v) is 4.53. The summed E-state index contributed by atoms with van der Waals surface area (Å²) in [6.45, 7) is 6.50. The number of aryl methyl sites for hydroxylation is 1. The van der Waals surface area contributed by atoms with Crippen molar-refractivity contribution in [1.29, 1.82) is 0 Å². The van der Waals surface area contributed by atoms with Crippen molar-refractivity contribution in [2.75, 3.05) is 0 Å². The summed E-state index contributed by atoms with van der Waals surface area (Å²) in [4.78, 5) is 4.41. The highest BCUT2D eigenvalue weighted by Gasteiger charge is 2.08. The van der Waals surface area contributed by atoms with Crippen LogP contribution in [0, 0.1) is 6.92 Å². The number of hydrogen-bond acceptors (Lipinski definition) is 2. The summed E-state index contributed by atoms with van der Waals surface area (Å²) in [5.74, 6) is 0.564. The highest BCUT2D eigenvalue weighted by molar-refractivity contribution is 7.17. The standard InChI is InChI=1S/C11H13NS/c1-7(2)10-6-12-8(3)9-4-5-13-11(9)10/h4-7H,1-3H3. The van der Waals surface area contributed by atoms with E-state index in [1.807, 2.05) is 17.5 Å². The molecule has 0 aliphatic rings. The molecule has 0 radical (unpaired) electrons. The van der Waals surface area contributed by atoms with Crippen molar-refractivity contribution in [2.45, 2.75) is 26.7 Å². The van der Waals surface area contributed by atoms with E-state index in [0.29, 0.717) is 5.92 Å². The van der Waals surface area contributed by atoms with Gasteiger partial charge in [0.25, 0.3) is 0 Å². The Morgan fingerprint density at radius 2 is 2.15 bits per heavy atom. The van der Waals surface area contributed by atoms with Crippen molar-refractivity contribution >= 4 is 21.4 Å². The van der Waals surface area contributed by atoms with Gasteiger partial charge in [0.2, 0.25) is 0 Å². The summed E-state index contributed by atoms with van der Waals surface area (Å²) >= 11 is 1.82. The second-order valence-electron chi connectivity index (χ2n) is 3.62. The van der Waals surface area contributed by atoms with Crippen LogP contribution in [0.5, 0.6) is 0 Å². The molecule has 2 aromatic rings. The SMILES string of the molecule is Cc1ncc(C(C)C)c2sccc12. The third kappa shape index (κ3) is 1.35. The first kappa shape index (κ1) is 8.70. The van der Waals surface area contributed by atoms with Gasteiger partial charge in [-0.3, -0.25) is 4.98 Å². The maximum atomic E-state index is 4.41. The van der Waals surface area contributed by atoms with Crippen molar-refractivity contribution in [3.8, 4) is 0 Å². The topological polar surface area (TPSA) is 12.9 Å². The van der Waals surface area contributed by atoms with E-state index in [1.54, 1.807) is 0 Å². The maximum absolute atomic E-state index is 4.41. The minimum atomic E-state index is 0.564. The monoisotopic (exact) mass is 191 g/mol. The number of nitrogens with zero attached hydrogens (tertiary/aromatic N) is 1. The molecule has 13 heavy (non-hydrogen) atoms. The predicted octanol–water partition coefficient (Wildman–Crippen LogP) is 3.73. The van der Waals surface area contributed by atoms with Gasteiger partial charge in [-0.05, 0) is 29.9 Å². The number of pyridine rings is 1. The average molecular weight is 191 g/mol. The van der Waals surface area contributed by atoms with Crippen LogP contribution >= 0.6 is 11.3 Å². The van der Waals surface area contributed by atoms with Crippen LogP contribution in [0.4, 0.5) is 0 Å². The van der Waals surface area contributed by atoms with Gasteiger partial charge in [0.1, 0.15) is 0 Å². The third-order valence-electron chi connectivity index (χ3n) is 2.34. The van der Waals surface area contributed by atoms with Crippen LogP contribution in [0.2, 0.25) is 0 Å². The van der Waals surface area contributed by atoms with Gasteiger partial charge in [0, 0.05) is 22.0 Å². The average Bonchev–Trinajstić information content (AvgIpc) is 2.53. The van der Waals surface area contributed by atoms with Crippen molar-refractivity contribution in [3.63, 3.8) is 0 Å². The molecule has 0 saturated heterocycles. The molecule has 2 heteroatoms. The Kier molecular flexibility index (Phi) is 2.08. The Morgan fingerprint density at radius 1 is 1.38 bits per heavy atom. The zero-order chi connectivity index (χ0) is 9.42. The molecule has 0 bridgehead atoms. The van der Waals surface area contributed by atoms with Gasteiger partial charge in [0.05, 0.1) is 0 Å². The van der Waals surface area contributed by atoms with E-state index in [2.05, 4.69) is 37.2 Å². The quantitative estimate of drug-likeness (QED) is 0.669. The molecular weight excluding hydrogens is 178 g/mol. The highest BCUT2D eigenvalue weighted by atomic mass is 32.1. The molecule has 68 valence electrons. The molecule has 0 fully saturated rings. The molecule has 0 aliphatic heterocycles. The van der Waals surface area contributed by atoms with Gasteiger partial charge in [-0.15, -0.1) is 11.3 Å². The molecule has 0 N–H and O–H groups in total. The lowest BCUT2D eigenvalue weighted by Gasteiger charge is -2.06. The molecule has 2 aromatic heterocycles. The summed E-state index contributed by atoms with van der Waals surface area (Å²) in [5, 5.41) is 3.46. The lowest BCUT2D eigenvalue weighted by Crippen LogP contribution is -1.91. The normalized spacial score (nSPS) is 11.4. The smallest absolute Gasteiger partial charge is 0.0459 e. The van der Waals surface area contributed by atoms with E-state index in [-0.39, 0.29) is 0 Å². The number of aromatic nitrogens is 1. The molecule has 0 spiro atoms. The molecule has 0 unspecified atom stereocenters. The fourth-order valence-corrected chi connectivity index (χ4v) is 2.63. The minimum absolute atomic E-state index is 0.564. The molecule has 0 atom stereocenters. The van der Waals surface area contributed by atoms with Crippen molar-refractivity contribution < 1.29 is 0 Å². The van der Waals surface area contributed by atoms with Gasteiger partial charge >= 0.3 is 0 Å². The Bertz CT molecular complexity index is 429. The van der Waals surface area contributed by atoms with Crippen molar-refractivity contribution in [1.82, 2.24) is 4.98 Å². The van der Waals surface area contributed by atoms with E-state index in [9.17, 15) is 0 Å². The fourth-order valence-electron chi connectivity index (χ4n) is 1.52. The minimum Gasteiger partial charge on any atom is -0.261 e. The number of fused-ring (bicyclic) bond motifs is 1. The lowest BCUT2D eigenvalue weighted by atomic mass is 10.0. The fraction of sp³-hybridized carbons (Fsp3) is 0.364. The van der Waals surface area contributed by atoms with E-state index in [1.165, 1.54) is 15.6 Å². The zero-order valence-corrected chi connectivity index (χ0v) is 8.98. The molecule has 2 rings (SSSR count). The maximum Gasteiger partial charge on any atom is 0.0459 e. The van der Waals surface area contributed by atoms with Crippen LogP contribution in [-0.4, -0.2) is 4.98 Å². The number of rotatable bonds is 1.